The average molecular weight is 403 g/mol. The molecule has 0 aromatic carbocycles. The van der Waals surface area contributed by atoms with Gasteiger partial charge in [-0.25, -0.2) is 8.78 Å². The van der Waals surface area contributed by atoms with E-state index in [1.54, 1.807) is 29.4 Å². The van der Waals surface area contributed by atoms with E-state index in [2.05, 4.69) is 20.3 Å². The number of aromatic nitrogens is 5. The van der Waals surface area contributed by atoms with Crippen molar-refractivity contribution in [2.24, 2.45) is 5.92 Å². The molecule has 0 spiro atoms. The lowest BCUT2D eigenvalue weighted by Crippen LogP contribution is -2.52. The first-order chi connectivity index (χ1) is 14.2. The summed E-state index contributed by atoms with van der Waals surface area (Å²) in [7, 11) is 12.9. The van der Waals surface area contributed by atoms with Crippen LogP contribution in [0.2, 0.25) is 0 Å². The molecule has 1 N–H and O–H groups in total. The number of nitrogens with one attached hydrogen (secondary N) is 1. The number of halogens is 2. The van der Waals surface area contributed by atoms with Crippen molar-refractivity contribution in [1.29, 1.82) is 0 Å². The Hall–Kier alpha value is -2.90. The summed E-state index contributed by atoms with van der Waals surface area (Å²) in [6.45, 7) is 3.67. The van der Waals surface area contributed by atoms with E-state index in [1.807, 2.05) is 19.9 Å². The second kappa shape index (κ2) is 6.30. The molecule has 4 aromatic rings. The number of fused-ring (bicyclic) bond motifs is 1. The Kier molecular flexibility index (Phi) is 4.01. The maximum atomic E-state index is 13.6. The molecule has 30 heavy (non-hydrogen) atoms. The normalized spacial score (nSPS) is 16.8. The predicted octanol–water partition coefficient (Wildman–Crippen LogP) is 3.69. The SMILES string of the molecule is [B]C([B])(C1CC(F)(F)C1)n1cc(-c2cn[nH]c2)c2ncc(-c3c(C)noc3C)cc21. The van der Waals surface area contributed by atoms with Crippen LogP contribution in [0.15, 0.2) is 35.4 Å². The van der Waals surface area contributed by atoms with Crippen molar-refractivity contribution < 1.29 is 13.3 Å². The summed E-state index contributed by atoms with van der Waals surface area (Å²) in [5.74, 6) is -2.64. The van der Waals surface area contributed by atoms with Gasteiger partial charge in [0.1, 0.15) is 5.76 Å². The molecule has 1 fully saturated rings. The fraction of sp³-hybridized carbons (Fsp3) is 0.350. The minimum absolute atomic E-state index is 0.350. The molecule has 148 valence electrons. The van der Waals surface area contributed by atoms with E-state index < -0.39 is 17.2 Å². The van der Waals surface area contributed by atoms with E-state index in [9.17, 15) is 8.78 Å². The molecule has 6 nitrogen and oxygen atoms in total. The summed E-state index contributed by atoms with van der Waals surface area (Å²) in [5, 5.41) is 9.27. The number of nitrogens with zero attached hydrogens (tertiary/aromatic N) is 4. The zero-order valence-electron chi connectivity index (χ0n) is 16.5. The van der Waals surface area contributed by atoms with Gasteiger partial charge in [-0.2, -0.15) is 5.10 Å². The molecule has 4 aromatic heterocycles. The van der Waals surface area contributed by atoms with Gasteiger partial charge >= 0.3 is 0 Å². The van der Waals surface area contributed by atoms with E-state index in [0.717, 1.165) is 27.9 Å². The van der Waals surface area contributed by atoms with Crippen LogP contribution in [0.25, 0.3) is 33.3 Å². The van der Waals surface area contributed by atoms with Gasteiger partial charge in [-0.15, -0.1) is 0 Å². The van der Waals surface area contributed by atoms with Crippen molar-refractivity contribution in [3.05, 3.63) is 42.3 Å². The molecular weight excluding hydrogens is 386 g/mol. The second-order valence-corrected chi connectivity index (χ2v) is 8.04. The molecule has 0 aliphatic heterocycles. The van der Waals surface area contributed by atoms with Crippen LogP contribution in [0.5, 0.6) is 0 Å². The molecule has 0 amide bonds. The highest BCUT2D eigenvalue weighted by molar-refractivity contribution is 6.38. The zero-order chi connectivity index (χ0) is 21.3. The van der Waals surface area contributed by atoms with Crippen LogP contribution in [-0.2, 0) is 5.34 Å². The molecule has 0 atom stereocenters. The van der Waals surface area contributed by atoms with Gasteiger partial charge in [0.2, 0.25) is 5.92 Å². The lowest BCUT2D eigenvalue weighted by atomic mass is 9.49. The Morgan fingerprint density at radius 3 is 2.60 bits per heavy atom. The van der Waals surface area contributed by atoms with E-state index >= 15 is 0 Å². The minimum atomic E-state index is -2.73. The zero-order valence-corrected chi connectivity index (χ0v) is 16.5. The maximum Gasteiger partial charge on any atom is 0.248 e. The molecule has 1 aliphatic carbocycles. The smallest absolute Gasteiger partial charge is 0.248 e. The molecule has 10 heteroatoms. The number of hydrogen-bond donors (Lipinski definition) is 1. The van der Waals surface area contributed by atoms with Crippen molar-refractivity contribution in [3.8, 4) is 22.3 Å². The van der Waals surface area contributed by atoms with Gasteiger partial charge in [0.25, 0.3) is 0 Å². The van der Waals surface area contributed by atoms with Crippen molar-refractivity contribution in [2.45, 2.75) is 37.9 Å². The fourth-order valence-electron chi connectivity index (χ4n) is 4.25. The van der Waals surface area contributed by atoms with E-state index in [0.29, 0.717) is 16.8 Å². The molecule has 1 saturated carbocycles. The first-order valence-electron chi connectivity index (χ1n) is 9.57. The third kappa shape index (κ3) is 2.80. The molecule has 4 heterocycles. The highest BCUT2D eigenvalue weighted by atomic mass is 19.3. The number of rotatable bonds is 4. The summed E-state index contributed by atoms with van der Waals surface area (Å²) in [4.78, 5) is 4.65. The van der Waals surface area contributed by atoms with Crippen LogP contribution in [0, 0.1) is 19.8 Å². The lowest BCUT2D eigenvalue weighted by Gasteiger charge is -2.47. The Morgan fingerprint density at radius 2 is 2.00 bits per heavy atom. The summed E-state index contributed by atoms with van der Waals surface area (Å²) < 4.78 is 34.0. The highest BCUT2D eigenvalue weighted by Gasteiger charge is 2.51. The molecule has 0 saturated heterocycles. The summed E-state index contributed by atoms with van der Waals surface area (Å²) in [6.07, 6.45) is 6.19. The lowest BCUT2D eigenvalue weighted by molar-refractivity contribution is -0.120. The number of hydrogen-bond acceptors (Lipinski definition) is 4. The number of H-pyrrole nitrogens is 1. The van der Waals surface area contributed by atoms with Gasteiger partial charge in [-0.1, -0.05) is 5.16 Å². The van der Waals surface area contributed by atoms with Crippen LogP contribution in [0.1, 0.15) is 24.3 Å². The molecule has 5 rings (SSSR count). The van der Waals surface area contributed by atoms with E-state index in [1.165, 1.54) is 0 Å². The quantitative estimate of drug-likeness (QED) is 0.528. The van der Waals surface area contributed by atoms with Gasteiger partial charge in [0.05, 0.1) is 38.6 Å². The Labute approximate surface area is 173 Å². The molecule has 0 unspecified atom stereocenters. The van der Waals surface area contributed by atoms with Gasteiger partial charge in [-0.05, 0) is 31.2 Å². The first-order valence-corrected chi connectivity index (χ1v) is 9.57. The number of pyridine rings is 1. The largest absolute Gasteiger partial charge is 0.361 e. The Bertz CT molecular complexity index is 1220. The number of alkyl halides is 2. The van der Waals surface area contributed by atoms with Crippen LogP contribution in [-0.4, -0.2) is 46.5 Å². The average Bonchev–Trinajstić information content (AvgIpc) is 3.38. The van der Waals surface area contributed by atoms with Gasteiger partial charge in [0, 0.05) is 53.7 Å². The molecular formula is C20H17B2F2N5O. The molecule has 4 radical (unpaired) electrons. The van der Waals surface area contributed by atoms with Gasteiger partial charge < -0.3 is 9.09 Å². The van der Waals surface area contributed by atoms with Crippen molar-refractivity contribution in [2.75, 3.05) is 0 Å². The molecule has 1 aliphatic rings. The van der Waals surface area contributed by atoms with E-state index in [-0.39, 0.29) is 12.8 Å². The monoisotopic (exact) mass is 403 g/mol. The van der Waals surface area contributed by atoms with Crippen molar-refractivity contribution in [3.63, 3.8) is 0 Å². The minimum Gasteiger partial charge on any atom is -0.361 e. The Morgan fingerprint density at radius 1 is 1.23 bits per heavy atom. The first kappa shape index (κ1) is 19.1. The van der Waals surface area contributed by atoms with E-state index in [4.69, 9.17) is 20.2 Å². The summed E-state index contributed by atoms with van der Waals surface area (Å²) >= 11 is 0. The molecule has 0 bridgehead atoms. The third-order valence-corrected chi connectivity index (χ3v) is 5.93. The predicted molar refractivity (Wildman–Crippen MR) is 109 cm³/mol. The number of aryl methyl sites for hydroxylation is 2. The van der Waals surface area contributed by atoms with Crippen LogP contribution < -0.4 is 0 Å². The van der Waals surface area contributed by atoms with Gasteiger partial charge in [0.15, 0.2) is 0 Å². The van der Waals surface area contributed by atoms with Crippen LogP contribution in [0.3, 0.4) is 0 Å². The summed E-state index contributed by atoms with van der Waals surface area (Å²) in [6, 6.07) is 1.89. The fourth-order valence-corrected chi connectivity index (χ4v) is 4.25. The summed E-state index contributed by atoms with van der Waals surface area (Å²) in [5.41, 5.74) is 5.19. The van der Waals surface area contributed by atoms with Crippen molar-refractivity contribution >= 4 is 26.7 Å². The Balaban J connectivity index is 1.71. The van der Waals surface area contributed by atoms with Crippen LogP contribution >= 0.6 is 0 Å². The topological polar surface area (TPSA) is 72.5 Å². The van der Waals surface area contributed by atoms with Gasteiger partial charge in [-0.3, -0.25) is 10.1 Å². The highest BCUT2D eigenvalue weighted by Crippen LogP contribution is 2.49. The number of aromatic amines is 1. The maximum absolute atomic E-state index is 13.6. The standard InChI is InChI=1S/C20H17B2F2N5O/c1-10-17(11(2)30-28-10)12-3-16-18(25-6-12)15(13-7-26-27-8-13)9-29(16)20(21,22)14-4-19(23,24)5-14/h3,6-9,14H,4-5H2,1-2H3,(H,26,27). The second-order valence-electron chi connectivity index (χ2n) is 8.04. The van der Waals surface area contributed by atoms with Crippen LogP contribution in [0.4, 0.5) is 8.78 Å². The van der Waals surface area contributed by atoms with Crippen molar-refractivity contribution in [1.82, 2.24) is 24.9 Å². The third-order valence-electron chi connectivity index (χ3n) is 5.93.